The lowest BCUT2D eigenvalue weighted by Crippen LogP contribution is -2.17. The molecule has 0 aliphatic carbocycles. The summed E-state index contributed by atoms with van der Waals surface area (Å²) in [7, 11) is 0. The smallest absolute Gasteiger partial charge is 0.0545 e. The van der Waals surface area contributed by atoms with Gasteiger partial charge in [0.2, 0.25) is 0 Å². The summed E-state index contributed by atoms with van der Waals surface area (Å²) in [6, 6.07) is 0. The summed E-state index contributed by atoms with van der Waals surface area (Å²) in [5.74, 6) is 1.09. The Morgan fingerprint density at radius 2 is 1.71 bits per heavy atom. The van der Waals surface area contributed by atoms with Gasteiger partial charge >= 0.3 is 0 Å². The Kier molecular flexibility index (Phi) is 8.20. The van der Waals surface area contributed by atoms with E-state index in [-0.39, 0.29) is 12.7 Å². The van der Waals surface area contributed by atoms with E-state index in [9.17, 15) is 5.11 Å². The van der Waals surface area contributed by atoms with E-state index in [1.165, 1.54) is 0 Å². The van der Waals surface area contributed by atoms with E-state index >= 15 is 0 Å². The molecule has 0 bridgehead atoms. The van der Waals surface area contributed by atoms with E-state index in [2.05, 4.69) is 20.8 Å². The first kappa shape index (κ1) is 13.9. The van der Waals surface area contributed by atoms with E-state index in [1.54, 1.807) is 0 Å². The molecule has 14 heavy (non-hydrogen) atoms. The van der Waals surface area contributed by atoms with Crippen LogP contribution in [0.1, 0.15) is 52.9 Å². The lowest BCUT2D eigenvalue weighted by Gasteiger charge is -2.20. The van der Waals surface area contributed by atoms with Gasteiger partial charge in [0.15, 0.2) is 0 Å². The molecule has 0 fully saturated rings. The molecule has 0 amide bonds. The van der Waals surface area contributed by atoms with Crippen LogP contribution in [-0.4, -0.2) is 22.9 Å². The molecule has 0 aromatic heterocycles. The van der Waals surface area contributed by atoms with Crippen LogP contribution in [0.5, 0.6) is 0 Å². The third kappa shape index (κ3) is 6.39. The lowest BCUT2D eigenvalue weighted by atomic mass is 9.91. The maximum atomic E-state index is 9.80. The molecule has 2 heteroatoms. The van der Waals surface area contributed by atoms with E-state index in [0.29, 0.717) is 11.8 Å². The molecule has 0 saturated carbocycles. The van der Waals surface area contributed by atoms with Gasteiger partial charge in [-0.05, 0) is 31.1 Å². The normalized spacial score (nSPS) is 17.8. The fraction of sp³-hybridized carbons (Fsp3) is 1.00. The summed E-state index contributed by atoms with van der Waals surface area (Å²) in [5.41, 5.74) is 0. The van der Waals surface area contributed by atoms with Gasteiger partial charge < -0.3 is 10.2 Å². The van der Waals surface area contributed by atoms with Crippen LogP contribution in [0.3, 0.4) is 0 Å². The Morgan fingerprint density at radius 3 is 2.14 bits per heavy atom. The average molecular weight is 202 g/mol. The minimum Gasteiger partial charge on any atom is -0.396 e. The van der Waals surface area contributed by atoms with Crippen molar-refractivity contribution in [1.82, 2.24) is 0 Å². The van der Waals surface area contributed by atoms with E-state index in [1.807, 2.05) is 0 Å². The van der Waals surface area contributed by atoms with Gasteiger partial charge in [0, 0.05) is 6.61 Å². The third-order valence-electron chi connectivity index (χ3n) is 3.09. The van der Waals surface area contributed by atoms with Gasteiger partial charge in [-0.25, -0.2) is 0 Å². The zero-order valence-electron chi connectivity index (χ0n) is 9.87. The number of hydrogen-bond donors (Lipinski definition) is 2. The zero-order chi connectivity index (χ0) is 11.0. The van der Waals surface area contributed by atoms with Crippen LogP contribution in [0.4, 0.5) is 0 Å². The quantitative estimate of drug-likeness (QED) is 0.635. The molecule has 3 atom stereocenters. The minimum atomic E-state index is -0.179. The van der Waals surface area contributed by atoms with Gasteiger partial charge in [0.05, 0.1) is 6.10 Å². The van der Waals surface area contributed by atoms with Crippen molar-refractivity contribution in [3.8, 4) is 0 Å². The molecule has 0 saturated heterocycles. The predicted molar refractivity (Wildman–Crippen MR) is 60.2 cm³/mol. The first-order valence-corrected chi connectivity index (χ1v) is 5.92. The highest BCUT2D eigenvalue weighted by Crippen LogP contribution is 2.20. The Balaban J connectivity index is 3.71. The Morgan fingerprint density at radius 1 is 1.07 bits per heavy atom. The first-order chi connectivity index (χ1) is 6.63. The summed E-state index contributed by atoms with van der Waals surface area (Å²) in [5, 5.41) is 18.6. The SMILES string of the molecule is CCC(C)CC(O)CC(CC)CCO. The largest absolute Gasteiger partial charge is 0.396 e. The van der Waals surface area contributed by atoms with Crippen molar-refractivity contribution in [1.29, 1.82) is 0 Å². The van der Waals surface area contributed by atoms with Crippen molar-refractivity contribution < 1.29 is 10.2 Å². The average Bonchev–Trinajstić information content (AvgIpc) is 2.16. The van der Waals surface area contributed by atoms with Crippen molar-refractivity contribution in [2.75, 3.05) is 6.61 Å². The maximum Gasteiger partial charge on any atom is 0.0545 e. The van der Waals surface area contributed by atoms with Crippen LogP contribution in [-0.2, 0) is 0 Å². The standard InChI is InChI=1S/C12H26O2/c1-4-10(3)8-12(14)9-11(5-2)6-7-13/h10-14H,4-9H2,1-3H3. The molecule has 0 spiro atoms. The molecule has 0 rings (SSSR count). The second kappa shape index (κ2) is 8.25. The zero-order valence-corrected chi connectivity index (χ0v) is 9.87. The molecular formula is C12H26O2. The molecule has 0 aromatic rings. The topological polar surface area (TPSA) is 40.5 Å². The highest BCUT2D eigenvalue weighted by molar-refractivity contribution is 4.66. The number of hydrogen-bond acceptors (Lipinski definition) is 2. The second-order valence-electron chi connectivity index (χ2n) is 4.43. The van der Waals surface area contributed by atoms with Crippen LogP contribution in [0.15, 0.2) is 0 Å². The minimum absolute atomic E-state index is 0.179. The highest BCUT2D eigenvalue weighted by Gasteiger charge is 2.14. The monoisotopic (exact) mass is 202 g/mol. The van der Waals surface area contributed by atoms with Gasteiger partial charge in [-0.2, -0.15) is 0 Å². The van der Waals surface area contributed by atoms with Gasteiger partial charge in [0.1, 0.15) is 0 Å². The van der Waals surface area contributed by atoms with Crippen LogP contribution < -0.4 is 0 Å². The van der Waals surface area contributed by atoms with E-state index < -0.39 is 0 Å². The highest BCUT2D eigenvalue weighted by atomic mass is 16.3. The Bertz CT molecular complexity index is 125. The number of rotatable bonds is 8. The Labute approximate surface area is 88.3 Å². The molecule has 0 aromatic carbocycles. The molecule has 2 nitrogen and oxygen atoms in total. The van der Waals surface area contributed by atoms with Crippen LogP contribution >= 0.6 is 0 Å². The number of aliphatic hydroxyl groups is 2. The van der Waals surface area contributed by atoms with Crippen LogP contribution in [0, 0.1) is 11.8 Å². The summed E-state index contributed by atoms with van der Waals surface area (Å²) in [6.45, 7) is 6.70. The molecule has 0 aliphatic heterocycles. The second-order valence-corrected chi connectivity index (χ2v) is 4.43. The van der Waals surface area contributed by atoms with Crippen LogP contribution in [0.25, 0.3) is 0 Å². The van der Waals surface area contributed by atoms with Gasteiger partial charge in [-0.15, -0.1) is 0 Å². The van der Waals surface area contributed by atoms with Gasteiger partial charge in [0.25, 0.3) is 0 Å². The molecule has 0 radical (unpaired) electrons. The third-order valence-corrected chi connectivity index (χ3v) is 3.09. The summed E-state index contributed by atoms with van der Waals surface area (Å²) in [4.78, 5) is 0. The molecule has 3 unspecified atom stereocenters. The fourth-order valence-corrected chi connectivity index (χ4v) is 1.78. The lowest BCUT2D eigenvalue weighted by molar-refractivity contribution is 0.107. The molecule has 2 N–H and O–H groups in total. The van der Waals surface area contributed by atoms with Crippen molar-refractivity contribution >= 4 is 0 Å². The van der Waals surface area contributed by atoms with Crippen LogP contribution in [0.2, 0.25) is 0 Å². The van der Waals surface area contributed by atoms with E-state index in [4.69, 9.17) is 5.11 Å². The molecule has 86 valence electrons. The fourth-order valence-electron chi connectivity index (χ4n) is 1.78. The summed E-state index contributed by atoms with van der Waals surface area (Å²) in [6.07, 6.45) is 4.58. The van der Waals surface area contributed by atoms with Crippen molar-refractivity contribution in [3.63, 3.8) is 0 Å². The van der Waals surface area contributed by atoms with E-state index in [0.717, 1.165) is 32.1 Å². The summed E-state index contributed by atoms with van der Waals surface area (Å²) < 4.78 is 0. The maximum absolute atomic E-state index is 9.80. The molecular weight excluding hydrogens is 176 g/mol. The number of aliphatic hydroxyl groups excluding tert-OH is 2. The Hall–Kier alpha value is -0.0800. The summed E-state index contributed by atoms with van der Waals surface area (Å²) >= 11 is 0. The van der Waals surface area contributed by atoms with Gasteiger partial charge in [-0.3, -0.25) is 0 Å². The van der Waals surface area contributed by atoms with Gasteiger partial charge in [-0.1, -0.05) is 33.6 Å². The molecule has 0 aliphatic rings. The van der Waals surface area contributed by atoms with Crippen molar-refractivity contribution in [2.45, 2.75) is 59.0 Å². The van der Waals surface area contributed by atoms with Crippen molar-refractivity contribution in [3.05, 3.63) is 0 Å². The van der Waals surface area contributed by atoms with Crippen molar-refractivity contribution in [2.24, 2.45) is 11.8 Å². The predicted octanol–water partition coefficient (Wildman–Crippen LogP) is 2.58. The molecule has 0 heterocycles. The first-order valence-electron chi connectivity index (χ1n) is 5.92.